The first-order valence-electron chi connectivity index (χ1n) is 6.31. The van der Waals surface area contributed by atoms with E-state index in [1.165, 1.54) is 38.8 Å². The van der Waals surface area contributed by atoms with Gasteiger partial charge in [-0.2, -0.15) is 0 Å². The summed E-state index contributed by atoms with van der Waals surface area (Å²) in [4.78, 5) is 2.75. The topological polar surface area (TPSA) is 8.17 Å². The van der Waals surface area contributed by atoms with E-state index in [9.17, 15) is 0 Å². The van der Waals surface area contributed by atoms with E-state index in [1.807, 2.05) is 0 Å². The van der Waals surface area contributed by atoms with Gasteiger partial charge in [-0.25, -0.2) is 0 Å². The molecule has 3 rings (SSSR count). The third-order valence-corrected chi connectivity index (χ3v) is 4.16. The molecular weight excluding hydrogens is 184 g/mol. The molecule has 2 nitrogen and oxygen atoms in total. The summed E-state index contributed by atoms with van der Waals surface area (Å²) in [6.45, 7) is 4.78. The Balaban J connectivity index is 1.92. The monoisotopic (exact) mass is 204 g/mol. The summed E-state index contributed by atoms with van der Waals surface area (Å²) in [6.07, 6.45) is 7.73. The van der Waals surface area contributed by atoms with Crippen LogP contribution in [0.15, 0.2) is 18.3 Å². The first-order chi connectivity index (χ1) is 7.40. The summed E-state index contributed by atoms with van der Waals surface area (Å²) in [5.41, 5.74) is 1.56. The first kappa shape index (κ1) is 9.46. The number of fused-ring (bicyclic) bond motifs is 3. The molecule has 0 aliphatic carbocycles. The highest BCUT2D eigenvalue weighted by molar-refractivity contribution is 5.15. The van der Waals surface area contributed by atoms with Crippen molar-refractivity contribution in [2.24, 2.45) is 0 Å². The van der Waals surface area contributed by atoms with Gasteiger partial charge < -0.3 is 4.57 Å². The van der Waals surface area contributed by atoms with Crippen LogP contribution < -0.4 is 0 Å². The van der Waals surface area contributed by atoms with Crippen molar-refractivity contribution in [2.75, 3.05) is 6.54 Å². The molecule has 2 atom stereocenters. The maximum Gasteiger partial charge on any atom is 0.0504 e. The molecule has 0 aromatic carbocycles. The van der Waals surface area contributed by atoms with Crippen molar-refractivity contribution in [1.82, 2.24) is 9.47 Å². The lowest BCUT2D eigenvalue weighted by molar-refractivity contribution is 0.0548. The molecule has 1 aromatic rings. The Bertz CT molecular complexity index is 342. The number of rotatable bonds is 1. The number of hydrogen-bond acceptors (Lipinski definition) is 1. The van der Waals surface area contributed by atoms with Gasteiger partial charge in [0.1, 0.15) is 0 Å². The maximum atomic E-state index is 2.75. The fourth-order valence-electron chi connectivity index (χ4n) is 3.38. The van der Waals surface area contributed by atoms with E-state index in [0.717, 1.165) is 6.04 Å². The van der Waals surface area contributed by atoms with E-state index < -0.39 is 0 Å². The van der Waals surface area contributed by atoms with Crippen LogP contribution in [0.2, 0.25) is 0 Å². The summed E-state index contributed by atoms with van der Waals surface area (Å²) in [5.74, 6) is 0. The smallest absolute Gasteiger partial charge is 0.0504 e. The van der Waals surface area contributed by atoms with Crippen molar-refractivity contribution < 1.29 is 0 Å². The van der Waals surface area contributed by atoms with E-state index in [0.29, 0.717) is 6.04 Å². The minimum atomic E-state index is 0.715. The van der Waals surface area contributed by atoms with Gasteiger partial charge in [0.2, 0.25) is 0 Å². The van der Waals surface area contributed by atoms with Gasteiger partial charge in [0.15, 0.2) is 0 Å². The van der Waals surface area contributed by atoms with Crippen LogP contribution in [0.3, 0.4) is 0 Å². The molecular formula is C13H20N2. The number of piperidine rings is 1. The number of nitrogens with zero attached hydrogens (tertiary/aromatic N) is 2. The van der Waals surface area contributed by atoms with Gasteiger partial charge >= 0.3 is 0 Å². The van der Waals surface area contributed by atoms with Crippen LogP contribution in [0.1, 0.15) is 44.3 Å². The first-order valence-corrected chi connectivity index (χ1v) is 6.31. The number of aromatic nitrogens is 1. The zero-order valence-electron chi connectivity index (χ0n) is 9.52. The summed E-state index contributed by atoms with van der Waals surface area (Å²) >= 11 is 0. The van der Waals surface area contributed by atoms with E-state index in [2.05, 4.69) is 34.7 Å². The predicted octanol–water partition coefficient (Wildman–Crippen LogP) is 2.81. The van der Waals surface area contributed by atoms with E-state index in [-0.39, 0.29) is 0 Å². The van der Waals surface area contributed by atoms with Gasteiger partial charge in [0, 0.05) is 31.0 Å². The molecule has 2 aliphatic heterocycles. The molecule has 1 aromatic heterocycles. The molecule has 3 heterocycles. The zero-order valence-corrected chi connectivity index (χ0v) is 9.52. The summed E-state index contributed by atoms with van der Waals surface area (Å²) < 4.78 is 2.44. The fraction of sp³-hybridized carbons (Fsp3) is 0.692. The average molecular weight is 204 g/mol. The van der Waals surface area contributed by atoms with Crippen LogP contribution in [-0.2, 0) is 6.54 Å². The van der Waals surface area contributed by atoms with E-state index >= 15 is 0 Å². The van der Waals surface area contributed by atoms with Crippen molar-refractivity contribution in [3.8, 4) is 0 Å². The van der Waals surface area contributed by atoms with Gasteiger partial charge in [-0.1, -0.05) is 6.92 Å². The number of hydrogen-bond donors (Lipinski definition) is 0. The maximum absolute atomic E-state index is 2.75. The van der Waals surface area contributed by atoms with Crippen molar-refractivity contribution >= 4 is 0 Å². The molecule has 15 heavy (non-hydrogen) atoms. The van der Waals surface area contributed by atoms with E-state index in [1.54, 1.807) is 5.69 Å². The standard InChI is InChI=1S/C13H20N2/c1-2-11-5-3-6-13-12-7-4-8-14(12)9-10-15(11)13/h4,7-8,11,13H,2-3,5-6,9-10H2,1H3. The van der Waals surface area contributed by atoms with Crippen LogP contribution >= 0.6 is 0 Å². The zero-order chi connectivity index (χ0) is 10.3. The van der Waals surface area contributed by atoms with Crippen molar-refractivity contribution in [3.63, 3.8) is 0 Å². The lowest BCUT2D eigenvalue weighted by Crippen LogP contribution is -2.46. The molecule has 0 bridgehead atoms. The van der Waals surface area contributed by atoms with Crippen LogP contribution in [0.25, 0.3) is 0 Å². The summed E-state index contributed by atoms with van der Waals surface area (Å²) in [6, 6.07) is 6.07. The Morgan fingerprint density at radius 1 is 1.33 bits per heavy atom. The lowest BCUT2D eigenvalue weighted by Gasteiger charge is -2.45. The van der Waals surface area contributed by atoms with Gasteiger partial charge in [-0.15, -0.1) is 0 Å². The highest BCUT2D eigenvalue weighted by Crippen LogP contribution is 2.37. The molecule has 2 heteroatoms. The summed E-state index contributed by atoms with van der Waals surface area (Å²) in [7, 11) is 0. The van der Waals surface area contributed by atoms with Gasteiger partial charge in [-0.05, 0) is 37.8 Å². The Hall–Kier alpha value is -0.760. The normalized spacial score (nSPS) is 31.0. The molecule has 2 aliphatic rings. The Morgan fingerprint density at radius 2 is 2.27 bits per heavy atom. The fourth-order valence-corrected chi connectivity index (χ4v) is 3.38. The molecule has 1 saturated heterocycles. The minimum absolute atomic E-state index is 0.715. The largest absolute Gasteiger partial charge is 0.349 e. The Morgan fingerprint density at radius 3 is 3.13 bits per heavy atom. The minimum Gasteiger partial charge on any atom is -0.349 e. The second kappa shape index (κ2) is 3.67. The molecule has 0 amide bonds. The van der Waals surface area contributed by atoms with Crippen LogP contribution in [0.4, 0.5) is 0 Å². The summed E-state index contributed by atoms with van der Waals surface area (Å²) in [5, 5.41) is 0. The Kier molecular flexibility index (Phi) is 2.32. The molecule has 0 N–H and O–H groups in total. The van der Waals surface area contributed by atoms with Crippen LogP contribution in [0, 0.1) is 0 Å². The highest BCUT2D eigenvalue weighted by atomic mass is 15.3. The highest BCUT2D eigenvalue weighted by Gasteiger charge is 2.34. The third-order valence-electron chi connectivity index (χ3n) is 4.16. The van der Waals surface area contributed by atoms with E-state index in [4.69, 9.17) is 0 Å². The van der Waals surface area contributed by atoms with Gasteiger partial charge in [0.25, 0.3) is 0 Å². The average Bonchev–Trinajstić information content (AvgIpc) is 2.76. The molecule has 82 valence electrons. The predicted molar refractivity (Wildman–Crippen MR) is 61.8 cm³/mol. The third kappa shape index (κ3) is 1.43. The van der Waals surface area contributed by atoms with Crippen molar-refractivity contribution in [1.29, 1.82) is 0 Å². The quantitative estimate of drug-likeness (QED) is 0.683. The van der Waals surface area contributed by atoms with Crippen molar-refractivity contribution in [2.45, 2.75) is 51.2 Å². The SMILES string of the molecule is CCC1CCCC2c3cccn3CCN12. The van der Waals surface area contributed by atoms with Crippen LogP contribution in [0.5, 0.6) is 0 Å². The molecule has 2 unspecified atom stereocenters. The van der Waals surface area contributed by atoms with Crippen LogP contribution in [-0.4, -0.2) is 22.1 Å². The molecule has 0 spiro atoms. The van der Waals surface area contributed by atoms with Gasteiger partial charge in [0.05, 0.1) is 6.04 Å². The lowest BCUT2D eigenvalue weighted by atomic mass is 9.91. The van der Waals surface area contributed by atoms with Crippen molar-refractivity contribution in [3.05, 3.63) is 24.0 Å². The Labute approximate surface area is 91.9 Å². The molecule has 0 radical (unpaired) electrons. The van der Waals surface area contributed by atoms with Gasteiger partial charge in [-0.3, -0.25) is 4.90 Å². The molecule has 1 fully saturated rings. The second-order valence-electron chi connectivity index (χ2n) is 4.87. The molecule has 0 saturated carbocycles. The second-order valence-corrected chi connectivity index (χ2v) is 4.87.